The monoisotopic (exact) mass is 380 g/mol. The molecule has 0 saturated carbocycles. The number of aromatic nitrogens is 4. The minimum absolute atomic E-state index is 0.136. The first kappa shape index (κ1) is 19.3. The van der Waals surface area contributed by atoms with Crippen LogP contribution in [0.4, 0.5) is 0 Å². The smallest absolute Gasteiger partial charge is 0.175 e. The van der Waals surface area contributed by atoms with Gasteiger partial charge in [-0.1, -0.05) is 37.7 Å². The van der Waals surface area contributed by atoms with Crippen LogP contribution < -0.4 is 0 Å². The molecule has 0 unspecified atom stereocenters. The molecule has 5 nitrogen and oxygen atoms in total. The standard InChI is InChI=1S/C21H24N4OS/c1-5-16-7-8-17(6-2)18(12-16)19(26)13-27-21-10-9-20(22-23-21)25-15(4)11-14(3)24-25/h7-12H,5-6,13H2,1-4H3. The predicted molar refractivity (Wildman–Crippen MR) is 109 cm³/mol. The Morgan fingerprint density at radius 3 is 2.44 bits per heavy atom. The molecule has 1 aromatic carbocycles. The highest BCUT2D eigenvalue weighted by molar-refractivity contribution is 7.99. The third-order valence-corrected chi connectivity index (χ3v) is 5.39. The van der Waals surface area contributed by atoms with Crippen molar-refractivity contribution < 1.29 is 4.79 Å². The minimum Gasteiger partial charge on any atom is -0.293 e. The Hall–Kier alpha value is -2.47. The summed E-state index contributed by atoms with van der Waals surface area (Å²) in [6, 6.07) is 12.0. The maximum absolute atomic E-state index is 12.7. The number of nitrogens with zero attached hydrogens (tertiary/aromatic N) is 4. The maximum atomic E-state index is 12.7. The zero-order valence-electron chi connectivity index (χ0n) is 16.2. The van der Waals surface area contributed by atoms with Gasteiger partial charge in [-0.2, -0.15) is 5.10 Å². The van der Waals surface area contributed by atoms with Gasteiger partial charge in [0.1, 0.15) is 5.03 Å². The summed E-state index contributed by atoms with van der Waals surface area (Å²) >= 11 is 1.42. The predicted octanol–water partition coefficient (Wildman–Crippen LogP) is 4.38. The van der Waals surface area contributed by atoms with E-state index in [0.29, 0.717) is 11.6 Å². The van der Waals surface area contributed by atoms with Gasteiger partial charge in [0.25, 0.3) is 0 Å². The molecule has 0 atom stereocenters. The molecule has 3 rings (SSSR count). The van der Waals surface area contributed by atoms with Crippen molar-refractivity contribution in [1.82, 2.24) is 20.0 Å². The molecule has 6 heteroatoms. The van der Waals surface area contributed by atoms with E-state index in [2.05, 4.69) is 41.3 Å². The molecule has 27 heavy (non-hydrogen) atoms. The largest absolute Gasteiger partial charge is 0.293 e. The van der Waals surface area contributed by atoms with Crippen molar-refractivity contribution in [2.24, 2.45) is 0 Å². The van der Waals surface area contributed by atoms with Crippen LogP contribution >= 0.6 is 11.8 Å². The summed E-state index contributed by atoms with van der Waals surface area (Å²) in [5.74, 6) is 1.17. The fourth-order valence-corrected chi connectivity index (χ4v) is 3.69. The molecule has 2 heterocycles. The molecular weight excluding hydrogens is 356 g/mol. The summed E-state index contributed by atoms with van der Waals surface area (Å²) in [5.41, 5.74) is 5.08. The first-order valence-electron chi connectivity index (χ1n) is 9.17. The molecule has 0 aliphatic carbocycles. The van der Waals surface area contributed by atoms with E-state index in [-0.39, 0.29) is 5.78 Å². The van der Waals surface area contributed by atoms with Gasteiger partial charge in [0.2, 0.25) is 0 Å². The van der Waals surface area contributed by atoms with Crippen LogP contribution in [0.1, 0.15) is 46.7 Å². The highest BCUT2D eigenvalue weighted by atomic mass is 32.2. The van der Waals surface area contributed by atoms with Crippen LogP contribution in [0.3, 0.4) is 0 Å². The highest BCUT2D eigenvalue weighted by Crippen LogP contribution is 2.20. The van der Waals surface area contributed by atoms with Crippen LogP contribution in [0.25, 0.3) is 5.82 Å². The van der Waals surface area contributed by atoms with Gasteiger partial charge < -0.3 is 0 Å². The topological polar surface area (TPSA) is 60.7 Å². The van der Waals surface area contributed by atoms with Crippen molar-refractivity contribution in [1.29, 1.82) is 0 Å². The second-order valence-corrected chi connectivity index (χ2v) is 7.47. The van der Waals surface area contributed by atoms with Crippen molar-refractivity contribution in [3.63, 3.8) is 0 Å². The molecule has 0 radical (unpaired) electrons. The lowest BCUT2D eigenvalue weighted by molar-refractivity contribution is 0.102. The number of Topliss-reactive ketones (excluding diaryl/α,β-unsaturated/α-hetero) is 1. The molecule has 0 amide bonds. The van der Waals surface area contributed by atoms with Gasteiger partial charge in [0, 0.05) is 11.3 Å². The Morgan fingerprint density at radius 2 is 1.85 bits per heavy atom. The lowest BCUT2D eigenvalue weighted by atomic mass is 9.98. The zero-order chi connectivity index (χ0) is 19.4. The number of hydrogen-bond donors (Lipinski definition) is 0. The van der Waals surface area contributed by atoms with E-state index in [4.69, 9.17) is 0 Å². The molecule has 140 valence electrons. The Labute approximate surface area is 164 Å². The number of rotatable bonds is 7. The molecule has 2 aromatic heterocycles. The molecular formula is C21H24N4OS. The Kier molecular flexibility index (Phi) is 6.06. The molecule has 3 aromatic rings. The number of carbonyl (C=O) groups is 1. The molecule has 0 N–H and O–H groups in total. The van der Waals surface area contributed by atoms with E-state index in [0.717, 1.165) is 40.4 Å². The lowest BCUT2D eigenvalue weighted by Crippen LogP contribution is -2.08. The SMILES string of the molecule is CCc1ccc(CC)c(C(=O)CSc2ccc(-n3nc(C)cc3C)nn2)c1. The average molecular weight is 381 g/mol. The van der Waals surface area contributed by atoms with Crippen molar-refractivity contribution in [2.75, 3.05) is 5.75 Å². The van der Waals surface area contributed by atoms with Gasteiger partial charge in [-0.15, -0.1) is 10.2 Å². The fraction of sp³-hybridized carbons (Fsp3) is 0.333. The Morgan fingerprint density at radius 1 is 1.04 bits per heavy atom. The number of benzene rings is 1. The number of carbonyl (C=O) groups excluding carboxylic acids is 1. The third kappa shape index (κ3) is 4.45. The molecule has 0 saturated heterocycles. The van der Waals surface area contributed by atoms with E-state index in [1.807, 2.05) is 38.1 Å². The van der Waals surface area contributed by atoms with Crippen LogP contribution in [0.5, 0.6) is 0 Å². The Balaban J connectivity index is 1.70. The number of aryl methyl sites for hydroxylation is 4. The molecule has 0 aliphatic heterocycles. The second-order valence-electron chi connectivity index (χ2n) is 6.48. The van der Waals surface area contributed by atoms with Crippen LogP contribution in [0.15, 0.2) is 41.4 Å². The van der Waals surface area contributed by atoms with Gasteiger partial charge in [0.15, 0.2) is 11.6 Å². The van der Waals surface area contributed by atoms with Crippen LogP contribution in [0, 0.1) is 13.8 Å². The summed E-state index contributed by atoms with van der Waals surface area (Å²) in [5, 5.41) is 13.6. The minimum atomic E-state index is 0.136. The van der Waals surface area contributed by atoms with Crippen molar-refractivity contribution in [3.8, 4) is 5.82 Å². The lowest BCUT2D eigenvalue weighted by Gasteiger charge is -2.09. The van der Waals surface area contributed by atoms with Crippen molar-refractivity contribution in [2.45, 2.75) is 45.6 Å². The van der Waals surface area contributed by atoms with Gasteiger partial charge in [-0.05, 0) is 62.1 Å². The number of ketones is 1. The third-order valence-electron chi connectivity index (χ3n) is 4.47. The van der Waals surface area contributed by atoms with E-state index >= 15 is 0 Å². The van der Waals surface area contributed by atoms with Crippen molar-refractivity contribution in [3.05, 3.63) is 64.5 Å². The van der Waals surface area contributed by atoms with Crippen LogP contribution in [-0.4, -0.2) is 31.5 Å². The molecule has 0 aliphatic rings. The molecule has 0 bridgehead atoms. The molecule has 0 fully saturated rings. The second kappa shape index (κ2) is 8.48. The number of hydrogen-bond acceptors (Lipinski definition) is 5. The van der Waals surface area contributed by atoms with Gasteiger partial charge >= 0.3 is 0 Å². The van der Waals surface area contributed by atoms with E-state index in [9.17, 15) is 4.79 Å². The molecule has 0 spiro atoms. The average Bonchev–Trinajstić information content (AvgIpc) is 3.04. The fourth-order valence-electron chi connectivity index (χ4n) is 2.99. The maximum Gasteiger partial charge on any atom is 0.175 e. The summed E-state index contributed by atoms with van der Waals surface area (Å²) in [6.45, 7) is 8.11. The summed E-state index contributed by atoms with van der Waals surface area (Å²) in [6.07, 6.45) is 1.78. The van der Waals surface area contributed by atoms with Gasteiger partial charge in [0.05, 0.1) is 11.4 Å². The normalized spacial score (nSPS) is 11.0. The van der Waals surface area contributed by atoms with E-state index < -0.39 is 0 Å². The van der Waals surface area contributed by atoms with Crippen LogP contribution in [0.2, 0.25) is 0 Å². The van der Waals surface area contributed by atoms with Crippen molar-refractivity contribution >= 4 is 17.5 Å². The quantitative estimate of drug-likeness (QED) is 0.450. The first-order valence-corrected chi connectivity index (χ1v) is 10.2. The van der Waals surface area contributed by atoms with E-state index in [1.54, 1.807) is 4.68 Å². The summed E-state index contributed by atoms with van der Waals surface area (Å²) in [7, 11) is 0. The highest BCUT2D eigenvalue weighted by Gasteiger charge is 2.13. The summed E-state index contributed by atoms with van der Waals surface area (Å²) in [4.78, 5) is 12.7. The van der Waals surface area contributed by atoms with Gasteiger partial charge in [-0.3, -0.25) is 4.79 Å². The van der Waals surface area contributed by atoms with Gasteiger partial charge in [-0.25, -0.2) is 4.68 Å². The van der Waals surface area contributed by atoms with Crippen LogP contribution in [-0.2, 0) is 12.8 Å². The first-order chi connectivity index (χ1) is 13.0. The zero-order valence-corrected chi connectivity index (χ0v) is 17.0. The Bertz CT molecular complexity index is 947. The van der Waals surface area contributed by atoms with E-state index in [1.165, 1.54) is 17.3 Å². The summed E-state index contributed by atoms with van der Waals surface area (Å²) < 4.78 is 1.77. The number of thioether (sulfide) groups is 1.